The zero-order valence-corrected chi connectivity index (χ0v) is 29.2. The van der Waals surface area contributed by atoms with Crippen molar-refractivity contribution in [2.24, 2.45) is 9.98 Å². The van der Waals surface area contributed by atoms with Crippen molar-refractivity contribution >= 4 is 55.5 Å². The van der Waals surface area contributed by atoms with Crippen LogP contribution in [0.25, 0.3) is 66.1 Å². The van der Waals surface area contributed by atoms with E-state index < -0.39 is 6.17 Å². The summed E-state index contributed by atoms with van der Waals surface area (Å²) in [5.41, 5.74) is 13.5. The van der Waals surface area contributed by atoms with Gasteiger partial charge in [-0.25, -0.2) is 9.98 Å². The summed E-state index contributed by atoms with van der Waals surface area (Å²) >= 11 is 0. The molecule has 5 heteroatoms. The van der Waals surface area contributed by atoms with Gasteiger partial charge in [0.25, 0.3) is 0 Å². The lowest BCUT2D eigenvalue weighted by Gasteiger charge is -2.26. The predicted octanol–water partition coefficient (Wildman–Crippen LogP) is 12.0. The van der Waals surface area contributed by atoms with Crippen LogP contribution in [0.3, 0.4) is 0 Å². The maximum absolute atomic E-state index is 6.65. The molecule has 9 aromatic rings. The summed E-state index contributed by atoms with van der Waals surface area (Å²) < 4.78 is 13.2. The van der Waals surface area contributed by atoms with E-state index in [-0.39, 0.29) is 5.41 Å². The largest absolute Gasteiger partial charge is 0.455 e. The first-order valence-electron chi connectivity index (χ1n) is 18.1. The number of nitrogens with one attached hydrogen (secondary N) is 1. The molecular formula is C48H33N3O2. The minimum atomic E-state index is -0.391. The van der Waals surface area contributed by atoms with Crippen molar-refractivity contribution < 1.29 is 8.83 Å². The molecule has 1 atom stereocenters. The molecule has 2 aromatic heterocycles. The molecule has 7 aromatic carbocycles. The Kier molecular flexibility index (Phi) is 6.30. The van der Waals surface area contributed by atoms with E-state index in [1.807, 2.05) is 24.3 Å². The normalized spacial score (nSPS) is 16.1. The number of nitrogens with zero attached hydrogens (tertiary/aromatic N) is 2. The Bertz CT molecular complexity index is 3020. The minimum Gasteiger partial charge on any atom is -0.455 e. The van der Waals surface area contributed by atoms with E-state index in [2.05, 4.69) is 147 Å². The number of hydrogen-bond acceptors (Lipinski definition) is 5. The second-order valence-corrected chi connectivity index (χ2v) is 14.6. The molecule has 0 saturated carbocycles. The summed E-state index contributed by atoms with van der Waals surface area (Å²) in [5, 5.41) is 8.00. The highest BCUT2D eigenvalue weighted by Gasteiger charge is 2.36. The smallest absolute Gasteiger partial charge is 0.159 e. The highest BCUT2D eigenvalue weighted by atomic mass is 16.3. The van der Waals surface area contributed by atoms with Gasteiger partial charge in [-0.1, -0.05) is 141 Å². The number of amidine groups is 2. The molecule has 252 valence electrons. The maximum Gasteiger partial charge on any atom is 0.159 e. The lowest BCUT2D eigenvalue weighted by Crippen LogP contribution is -2.33. The number of para-hydroxylation sites is 3. The molecule has 11 rings (SSSR count). The molecule has 2 aliphatic rings. The van der Waals surface area contributed by atoms with Gasteiger partial charge in [-0.15, -0.1) is 0 Å². The Morgan fingerprint density at radius 1 is 0.509 bits per heavy atom. The zero-order chi connectivity index (χ0) is 35.3. The fourth-order valence-electron chi connectivity index (χ4n) is 8.49. The topological polar surface area (TPSA) is 63.0 Å². The van der Waals surface area contributed by atoms with E-state index in [9.17, 15) is 0 Å². The third-order valence-corrected chi connectivity index (χ3v) is 11.2. The molecule has 0 spiro atoms. The van der Waals surface area contributed by atoms with Crippen LogP contribution < -0.4 is 5.32 Å². The van der Waals surface area contributed by atoms with Crippen LogP contribution in [0.15, 0.2) is 170 Å². The quantitative estimate of drug-likeness (QED) is 0.201. The first-order valence-corrected chi connectivity index (χ1v) is 18.1. The van der Waals surface area contributed by atoms with Crippen molar-refractivity contribution in [3.8, 4) is 22.3 Å². The first-order chi connectivity index (χ1) is 26.0. The predicted molar refractivity (Wildman–Crippen MR) is 216 cm³/mol. The lowest BCUT2D eigenvalue weighted by atomic mass is 9.82. The number of benzene rings is 7. The van der Waals surface area contributed by atoms with Crippen LogP contribution in [0, 0.1) is 0 Å². The minimum absolute atomic E-state index is 0.134. The van der Waals surface area contributed by atoms with Gasteiger partial charge in [-0.05, 0) is 57.6 Å². The van der Waals surface area contributed by atoms with Gasteiger partial charge in [0.05, 0.1) is 5.56 Å². The molecule has 0 radical (unpaired) electrons. The molecular weight excluding hydrogens is 651 g/mol. The average molecular weight is 684 g/mol. The van der Waals surface area contributed by atoms with Crippen LogP contribution in [0.2, 0.25) is 0 Å². The van der Waals surface area contributed by atoms with Crippen LogP contribution in [0.1, 0.15) is 47.8 Å². The molecule has 1 aliphatic heterocycles. The highest BCUT2D eigenvalue weighted by molar-refractivity contribution is 6.20. The van der Waals surface area contributed by atoms with Crippen LogP contribution in [-0.4, -0.2) is 11.7 Å². The Hall–Kier alpha value is -6.72. The summed E-state index contributed by atoms with van der Waals surface area (Å²) in [7, 11) is 0. The molecule has 0 fully saturated rings. The molecule has 0 saturated heterocycles. The highest BCUT2D eigenvalue weighted by Crippen LogP contribution is 2.49. The summed E-state index contributed by atoms with van der Waals surface area (Å²) in [4.78, 5) is 10.5. The van der Waals surface area contributed by atoms with Crippen molar-refractivity contribution in [2.45, 2.75) is 25.4 Å². The Balaban J connectivity index is 1.08. The Morgan fingerprint density at radius 3 is 2.04 bits per heavy atom. The van der Waals surface area contributed by atoms with Crippen molar-refractivity contribution in [2.75, 3.05) is 0 Å². The fraction of sp³-hybridized carbons (Fsp3) is 0.0833. The third-order valence-electron chi connectivity index (χ3n) is 11.2. The molecule has 1 N–H and O–H groups in total. The number of hydrogen-bond donors (Lipinski definition) is 1. The molecule has 1 aliphatic carbocycles. The molecule has 0 bridgehead atoms. The second-order valence-electron chi connectivity index (χ2n) is 14.6. The van der Waals surface area contributed by atoms with Crippen molar-refractivity contribution in [3.05, 3.63) is 179 Å². The average Bonchev–Trinajstić information content (AvgIpc) is 3.85. The molecule has 1 unspecified atom stereocenters. The maximum atomic E-state index is 6.65. The van der Waals surface area contributed by atoms with Gasteiger partial charge in [-0.2, -0.15) is 0 Å². The summed E-state index contributed by atoms with van der Waals surface area (Å²) in [6, 6.07) is 53.0. The number of aliphatic imine (C=N–C) groups is 2. The Labute approximate surface area is 305 Å². The van der Waals surface area contributed by atoms with Crippen molar-refractivity contribution in [3.63, 3.8) is 0 Å². The molecule has 0 amide bonds. The standard InChI is InChI=1S/C48H33N3O2/c1-48(2)39-20-8-6-14-32(39)33-24-22-29(26-40(33)48)45-49-46(51-47(50-45)38-19-11-18-36-34-15-7-9-21-41(34)52-44(36)38)30-23-25-35-37-17-10-16-31(28-12-4-3-5-13-28)43(37)53-42(35)27-30/h3-27,45H,1-2H3,(H,49,50,51). The third kappa shape index (κ3) is 4.50. The van der Waals surface area contributed by atoms with Gasteiger partial charge in [0.15, 0.2) is 5.84 Å². The molecule has 5 nitrogen and oxygen atoms in total. The molecule has 3 heterocycles. The first kappa shape index (κ1) is 30.0. The Morgan fingerprint density at radius 2 is 1.17 bits per heavy atom. The molecule has 53 heavy (non-hydrogen) atoms. The van der Waals surface area contributed by atoms with Gasteiger partial charge >= 0.3 is 0 Å². The van der Waals surface area contributed by atoms with Crippen LogP contribution in [0.5, 0.6) is 0 Å². The van der Waals surface area contributed by atoms with Gasteiger partial charge in [0.2, 0.25) is 0 Å². The second kappa shape index (κ2) is 11.1. The number of furan rings is 2. The van der Waals surface area contributed by atoms with E-state index in [1.54, 1.807) is 0 Å². The van der Waals surface area contributed by atoms with Gasteiger partial charge < -0.3 is 14.2 Å². The van der Waals surface area contributed by atoms with Gasteiger partial charge in [0, 0.05) is 38.1 Å². The van der Waals surface area contributed by atoms with Gasteiger partial charge in [0.1, 0.15) is 34.3 Å². The van der Waals surface area contributed by atoms with Gasteiger partial charge in [-0.3, -0.25) is 0 Å². The zero-order valence-electron chi connectivity index (χ0n) is 29.2. The summed E-state index contributed by atoms with van der Waals surface area (Å²) in [5.74, 6) is 1.34. The van der Waals surface area contributed by atoms with Crippen molar-refractivity contribution in [1.82, 2.24) is 5.32 Å². The van der Waals surface area contributed by atoms with E-state index in [1.165, 1.54) is 22.3 Å². The lowest BCUT2D eigenvalue weighted by molar-refractivity contribution is 0.644. The monoisotopic (exact) mass is 683 g/mol. The van der Waals surface area contributed by atoms with Crippen molar-refractivity contribution in [1.29, 1.82) is 0 Å². The summed E-state index contributed by atoms with van der Waals surface area (Å²) in [6.07, 6.45) is -0.391. The van der Waals surface area contributed by atoms with E-state index in [4.69, 9.17) is 18.8 Å². The van der Waals surface area contributed by atoms with Crippen LogP contribution in [0.4, 0.5) is 0 Å². The summed E-state index contributed by atoms with van der Waals surface area (Å²) in [6.45, 7) is 4.62. The number of rotatable bonds is 4. The number of fused-ring (bicyclic) bond motifs is 9. The van der Waals surface area contributed by atoms with E-state index >= 15 is 0 Å². The van der Waals surface area contributed by atoms with E-state index in [0.717, 1.165) is 71.7 Å². The fourth-order valence-corrected chi connectivity index (χ4v) is 8.49. The SMILES string of the molecule is CC1(C)c2ccccc2-c2ccc(C3N=C(c4ccc5c(c4)oc4c(-c6ccccc6)cccc45)N=C(c4cccc5c4oc4ccccc45)N3)cc21. The van der Waals surface area contributed by atoms with E-state index in [0.29, 0.717) is 11.7 Å². The van der Waals surface area contributed by atoms with Crippen LogP contribution in [-0.2, 0) is 5.41 Å². The van der Waals surface area contributed by atoms with Crippen LogP contribution >= 0.6 is 0 Å².